The van der Waals surface area contributed by atoms with Crippen LogP contribution in [0, 0.1) is 23.7 Å². The van der Waals surface area contributed by atoms with E-state index in [4.69, 9.17) is 9.97 Å². The minimum Gasteiger partial charge on any atom is -0.347 e. The molecule has 0 radical (unpaired) electrons. The number of carbonyl (C=O) groups is 2. The molecular formula is C30H36F4N8O2. The van der Waals surface area contributed by atoms with Gasteiger partial charge in [0.25, 0.3) is 5.91 Å². The highest BCUT2D eigenvalue weighted by Gasteiger charge is 2.46. The summed E-state index contributed by atoms with van der Waals surface area (Å²) in [6.07, 6.45) is 8.35. The first-order chi connectivity index (χ1) is 21.0. The summed E-state index contributed by atoms with van der Waals surface area (Å²) in [6, 6.07) is 0.797. The summed E-state index contributed by atoms with van der Waals surface area (Å²) < 4.78 is 58.0. The van der Waals surface area contributed by atoms with Gasteiger partial charge < -0.3 is 10.6 Å². The summed E-state index contributed by atoms with van der Waals surface area (Å²) in [5.41, 5.74) is 1.12. The monoisotopic (exact) mass is 616 g/mol. The van der Waals surface area contributed by atoms with Crippen molar-refractivity contribution in [2.45, 2.75) is 101 Å². The van der Waals surface area contributed by atoms with Crippen molar-refractivity contribution in [2.24, 2.45) is 23.7 Å². The first-order valence-corrected chi connectivity index (χ1v) is 15.6. The Labute approximate surface area is 251 Å². The molecule has 4 fully saturated rings. The standard InChI is InChI=1S/C30H36F4N8O2/c31-29(32)8-5-20(6-9-29)25(40-27(44)26-35-16-36-42(26)14-17-1-2-17)22-15-41-10-7-21(37-28(41)38-22)24(19-3-4-19)39-23(43)11-18-12-30(33,34)13-18/h7,10,15-20,24-25H,1-6,8-9,11-14H2,(H,39,43)(H,40,44)/t24-,25-/m0/s1. The van der Waals surface area contributed by atoms with Crippen LogP contribution in [0.2, 0.25) is 0 Å². The molecular weight excluding hydrogens is 580 g/mol. The van der Waals surface area contributed by atoms with Gasteiger partial charge in [0, 0.05) is 51.0 Å². The molecule has 236 valence electrons. The Morgan fingerprint density at radius 2 is 1.57 bits per heavy atom. The second-order valence-electron chi connectivity index (χ2n) is 13.3. The molecule has 4 aliphatic rings. The number of imidazole rings is 1. The smallest absolute Gasteiger partial charge is 0.289 e. The first-order valence-electron chi connectivity index (χ1n) is 15.6. The minimum absolute atomic E-state index is 0.0603. The van der Waals surface area contributed by atoms with Crippen molar-refractivity contribution < 1.29 is 27.2 Å². The van der Waals surface area contributed by atoms with Gasteiger partial charge in [0.05, 0.1) is 23.5 Å². The molecule has 4 aliphatic carbocycles. The fourth-order valence-electron chi connectivity index (χ4n) is 6.67. The summed E-state index contributed by atoms with van der Waals surface area (Å²) >= 11 is 0. The van der Waals surface area contributed by atoms with Gasteiger partial charge in [0.15, 0.2) is 0 Å². The van der Waals surface area contributed by atoms with Gasteiger partial charge in [-0.05, 0) is 68.3 Å². The summed E-state index contributed by atoms with van der Waals surface area (Å²) in [4.78, 5) is 39.8. The highest BCUT2D eigenvalue weighted by molar-refractivity contribution is 5.90. The van der Waals surface area contributed by atoms with E-state index in [1.54, 1.807) is 27.5 Å². The predicted molar refractivity (Wildman–Crippen MR) is 149 cm³/mol. The van der Waals surface area contributed by atoms with Crippen molar-refractivity contribution in [3.63, 3.8) is 0 Å². The van der Waals surface area contributed by atoms with Crippen molar-refractivity contribution in [2.75, 3.05) is 0 Å². The highest BCUT2D eigenvalue weighted by atomic mass is 19.3. The second kappa shape index (κ2) is 11.1. The number of carbonyl (C=O) groups excluding carboxylic acids is 2. The second-order valence-corrected chi connectivity index (χ2v) is 13.3. The molecule has 2 amide bonds. The van der Waals surface area contributed by atoms with Crippen LogP contribution in [0.5, 0.6) is 0 Å². The third kappa shape index (κ3) is 6.44. The van der Waals surface area contributed by atoms with E-state index in [2.05, 4.69) is 20.7 Å². The maximum atomic E-state index is 14.1. The van der Waals surface area contributed by atoms with Crippen molar-refractivity contribution in [3.8, 4) is 0 Å². The zero-order valence-electron chi connectivity index (χ0n) is 24.3. The molecule has 7 rings (SSSR count). The summed E-state index contributed by atoms with van der Waals surface area (Å²) in [6.45, 7) is 0.607. The molecule has 0 saturated heterocycles. The van der Waals surface area contributed by atoms with Crippen LogP contribution in [-0.2, 0) is 11.3 Å². The van der Waals surface area contributed by atoms with Crippen LogP contribution in [-0.4, -0.2) is 52.8 Å². The van der Waals surface area contributed by atoms with Gasteiger partial charge in [0.1, 0.15) is 6.33 Å². The lowest BCUT2D eigenvalue weighted by atomic mass is 9.79. The molecule has 0 bridgehead atoms. The maximum absolute atomic E-state index is 14.1. The maximum Gasteiger partial charge on any atom is 0.289 e. The molecule has 2 atom stereocenters. The van der Waals surface area contributed by atoms with E-state index in [1.165, 1.54) is 6.33 Å². The zero-order valence-corrected chi connectivity index (χ0v) is 24.3. The molecule has 3 heterocycles. The molecule has 0 spiro atoms. The van der Waals surface area contributed by atoms with Gasteiger partial charge in [-0.1, -0.05) is 0 Å². The Kier molecular flexibility index (Phi) is 7.35. The molecule has 3 aromatic heterocycles. The first kappa shape index (κ1) is 29.1. The average Bonchev–Trinajstić information content (AvgIpc) is 3.87. The molecule has 4 saturated carbocycles. The number of nitrogens with zero attached hydrogens (tertiary/aromatic N) is 6. The topological polar surface area (TPSA) is 119 Å². The molecule has 44 heavy (non-hydrogen) atoms. The molecule has 3 aromatic rings. The zero-order chi connectivity index (χ0) is 30.6. The molecule has 14 heteroatoms. The van der Waals surface area contributed by atoms with Gasteiger partial charge in [-0.15, -0.1) is 0 Å². The lowest BCUT2D eigenvalue weighted by molar-refractivity contribution is -0.134. The number of alkyl halides is 4. The van der Waals surface area contributed by atoms with Crippen molar-refractivity contribution >= 4 is 17.6 Å². The number of hydrogen-bond donors (Lipinski definition) is 2. The number of hydrogen-bond acceptors (Lipinski definition) is 6. The van der Waals surface area contributed by atoms with E-state index in [1.807, 2.05) is 0 Å². The van der Waals surface area contributed by atoms with Crippen molar-refractivity contribution in [3.05, 3.63) is 42.0 Å². The van der Waals surface area contributed by atoms with E-state index in [-0.39, 0.29) is 80.5 Å². The van der Waals surface area contributed by atoms with Gasteiger partial charge in [-0.3, -0.25) is 14.0 Å². The molecule has 10 nitrogen and oxygen atoms in total. The number of amides is 2. The van der Waals surface area contributed by atoms with Crippen molar-refractivity contribution in [1.82, 2.24) is 39.8 Å². The van der Waals surface area contributed by atoms with Gasteiger partial charge in [0.2, 0.25) is 29.4 Å². The van der Waals surface area contributed by atoms with E-state index < -0.39 is 23.8 Å². The number of fused-ring (bicyclic) bond motifs is 1. The SMILES string of the molecule is O=C(CC1CC(F)(F)C1)N[C@H](c1ccn2cc([C@@H](NC(=O)c3ncnn3CC3CC3)C3CCC(F)(F)CC3)nc2n1)C1CC1. The fraction of sp³-hybridized carbons (Fsp3) is 0.667. The molecule has 0 aliphatic heterocycles. The Bertz CT molecular complexity index is 1530. The Morgan fingerprint density at radius 1 is 0.886 bits per heavy atom. The molecule has 0 unspecified atom stereocenters. The minimum atomic E-state index is -2.73. The lowest BCUT2D eigenvalue weighted by Crippen LogP contribution is -2.39. The van der Waals surface area contributed by atoms with Crippen LogP contribution < -0.4 is 10.6 Å². The van der Waals surface area contributed by atoms with Gasteiger partial charge in [-0.25, -0.2) is 37.2 Å². The van der Waals surface area contributed by atoms with Gasteiger partial charge in [-0.2, -0.15) is 5.10 Å². The van der Waals surface area contributed by atoms with E-state index in [0.717, 1.165) is 25.7 Å². The number of halogens is 4. The Balaban J connectivity index is 1.11. The molecule has 2 N–H and O–H groups in total. The fourth-order valence-corrected chi connectivity index (χ4v) is 6.67. The lowest BCUT2D eigenvalue weighted by Gasteiger charge is -2.34. The van der Waals surface area contributed by atoms with Gasteiger partial charge >= 0.3 is 0 Å². The van der Waals surface area contributed by atoms with Crippen LogP contribution in [0.3, 0.4) is 0 Å². The quantitative estimate of drug-likeness (QED) is 0.292. The van der Waals surface area contributed by atoms with Crippen molar-refractivity contribution in [1.29, 1.82) is 0 Å². The third-order valence-corrected chi connectivity index (χ3v) is 9.53. The van der Waals surface area contributed by atoms with Crippen LogP contribution in [0.25, 0.3) is 5.78 Å². The van der Waals surface area contributed by atoms with Crippen LogP contribution in [0.4, 0.5) is 17.6 Å². The largest absolute Gasteiger partial charge is 0.347 e. The van der Waals surface area contributed by atoms with E-state index in [0.29, 0.717) is 29.6 Å². The van der Waals surface area contributed by atoms with Crippen LogP contribution in [0.1, 0.15) is 105 Å². The summed E-state index contributed by atoms with van der Waals surface area (Å²) in [5.74, 6) is -5.46. The van der Waals surface area contributed by atoms with E-state index >= 15 is 0 Å². The van der Waals surface area contributed by atoms with E-state index in [9.17, 15) is 27.2 Å². The summed E-state index contributed by atoms with van der Waals surface area (Å²) in [7, 11) is 0. The summed E-state index contributed by atoms with van der Waals surface area (Å²) in [5, 5.41) is 10.3. The van der Waals surface area contributed by atoms with Crippen LogP contribution >= 0.6 is 0 Å². The predicted octanol–water partition coefficient (Wildman–Crippen LogP) is 5.03. The highest BCUT2D eigenvalue weighted by Crippen LogP contribution is 2.45. The number of rotatable bonds is 11. The average molecular weight is 617 g/mol. The number of aromatic nitrogens is 6. The number of nitrogens with one attached hydrogen (secondary N) is 2. The Morgan fingerprint density at radius 3 is 2.25 bits per heavy atom. The third-order valence-electron chi connectivity index (χ3n) is 9.53. The Hall–Kier alpha value is -3.58. The van der Waals surface area contributed by atoms with Crippen LogP contribution in [0.15, 0.2) is 24.8 Å². The normalized spacial score (nSPS) is 23.2. The molecule has 0 aromatic carbocycles.